The van der Waals surface area contributed by atoms with Crippen molar-refractivity contribution in [2.75, 3.05) is 13.1 Å². The van der Waals surface area contributed by atoms with E-state index in [9.17, 15) is 9.90 Å². The molecule has 3 aliphatic rings. The lowest BCUT2D eigenvalue weighted by Crippen LogP contribution is -2.46. The highest BCUT2D eigenvalue weighted by Crippen LogP contribution is 2.56. The summed E-state index contributed by atoms with van der Waals surface area (Å²) in [5.41, 5.74) is 0. The highest BCUT2D eigenvalue weighted by molar-refractivity contribution is 5.82. The van der Waals surface area contributed by atoms with Gasteiger partial charge in [-0.3, -0.25) is 4.79 Å². The monoisotopic (exact) mass is 251 g/mol. The number of aliphatic hydroxyl groups is 1. The number of amides is 1. The summed E-state index contributed by atoms with van der Waals surface area (Å²) in [4.78, 5) is 14.6. The molecule has 102 valence electrons. The van der Waals surface area contributed by atoms with Crippen molar-refractivity contribution in [3.05, 3.63) is 0 Å². The van der Waals surface area contributed by atoms with Crippen LogP contribution in [0.2, 0.25) is 0 Å². The molecule has 0 aromatic rings. The Hall–Kier alpha value is -0.570. The van der Waals surface area contributed by atoms with E-state index in [1.165, 1.54) is 25.7 Å². The van der Waals surface area contributed by atoms with Crippen LogP contribution in [0.5, 0.6) is 0 Å². The number of piperidine rings is 1. The first-order valence-corrected chi connectivity index (χ1v) is 7.69. The molecule has 3 fully saturated rings. The van der Waals surface area contributed by atoms with E-state index in [0.29, 0.717) is 29.6 Å². The predicted octanol–water partition coefficient (Wildman–Crippen LogP) is 2.04. The van der Waals surface area contributed by atoms with Gasteiger partial charge in [-0.25, -0.2) is 0 Å². The van der Waals surface area contributed by atoms with Crippen LogP contribution < -0.4 is 0 Å². The fourth-order valence-electron chi connectivity index (χ4n) is 4.19. The predicted molar refractivity (Wildman–Crippen MR) is 69.9 cm³/mol. The molecule has 4 atom stereocenters. The molecule has 0 aromatic carbocycles. The van der Waals surface area contributed by atoms with E-state index >= 15 is 0 Å². The summed E-state index contributed by atoms with van der Waals surface area (Å²) in [5, 5.41) is 9.89. The number of hydrogen-bond acceptors (Lipinski definition) is 2. The van der Waals surface area contributed by atoms with Gasteiger partial charge in [0.1, 0.15) is 0 Å². The van der Waals surface area contributed by atoms with Crippen LogP contribution in [0.15, 0.2) is 0 Å². The number of nitrogens with zero attached hydrogens (tertiary/aromatic N) is 1. The third-order valence-electron chi connectivity index (χ3n) is 5.47. The zero-order chi connectivity index (χ0) is 12.7. The van der Waals surface area contributed by atoms with E-state index in [2.05, 4.69) is 6.92 Å². The first-order chi connectivity index (χ1) is 8.72. The second-order valence-electron chi connectivity index (χ2n) is 6.45. The highest BCUT2D eigenvalue weighted by atomic mass is 16.3. The van der Waals surface area contributed by atoms with Crippen LogP contribution in [-0.4, -0.2) is 35.1 Å². The molecule has 2 saturated carbocycles. The highest BCUT2D eigenvalue weighted by Gasteiger charge is 2.56. The summed E-state index contributed by atoms with van der Waals surface area (Å²) >= 11 is 0. The molecule has 1 amide bonds. The second-order valence-corrected chi connectivity index (χ2v) is 6.45. The minimum atomic E-state index is -0.194. The van der Waals surface area contributed by atoms with Gasteiger partial charge in [-0.1, -0.05) is 19.8 Å². The van der Waals surface area contributed by atoms with Gasteiger partial charge < -0.3 is 10.0 Å². The average Bonchev–Trinajstić information content (AvgIpc) is 3.12. The summed E-state index contributed by atoms with van der Waals surface area (Å²) < 4.78 is 0. The van der Waals surface area contributed by atoms with Gasteiger partial charge in [0.25, 0.3) is 0 Å². The largest absolute Gasteiger partial charge is 0.393 e. The standard InChI is InChI=1S/C15H25NO2/c1-2-10-9-16(8-7-13(10)17)15(18)14-11-5-3-4-6-12(11)14/h10-14,17H,2-9H2,1H3. The van der Waals surface area contributed by atoms with Gasteiger partial charge in [0.05, 0.1) is 6.10 Å². The van der Waals surface area contributed by atoms with Crippen molar-refractivity contribution in [1.29, 1.82) is 0 Å². The third kappa shape index (κ3) is 2.07. The number of carbonyl (C=O) groups is 1. The van der Waals surface area contributed by atoms with Crippen molar-refractivity contribution in [3.63, 3.8) is 0 Å². The van der Waals surface area contributed by atoms with Gasteiger partial charge in [-0.2, -0.15) is 0 Å². The maximum Gasteiger partial charge on any atom is 0.226 e. The molecular weight excluding hydrogens is 226 g/mol. The molecule has 1 N–H and O–H groups in total. The van der Waals surface area contributed by atoms with Crippen LogP contribution in [0.4, 0.5) is 0 Å². The molecule has 0 radical (unpaired) electrons. The summed E-state index contributed by atoms with van der Waals surface area (Å²) in [5.74, 6) is 2.46. The smallest absolute Gasteiger partial charge is 0.226 e. The Balaban J connectivity index is 1.60. The van der Waals surface area contributed by atoms with E-state index in [0.717, 1.165) is 25.9 Å². The molecule has 18 heavy (non-hydrogen) atoms. The molecule has 3 heteroatoms. The molecule has 1 heterocycles. The summed E-state index contributed by atoms with van der Waals surface area (Å²) in [6, 6.07) is 0. The summed E-state index contributed by atoms with van der Waals surface area (Å²) in [6.07, 6.45) is 6.74. The minimum absolute atomic E-state index is 0.194. The van der Waals surface area contributed by atoms with Crippen LogP contribution in [0.3, 0.4) is 0 Å². The first kappa shape index (κ1) is 12.5. The lowest BCUT2D eigenvalue weighted by molar-refractivity contribution is -0.137. The summed E-state index contributed by atoms with van der Waals surface area (Å²) in [7, 11) is 0. The van der Waals surface area contributed by atoms with Crippen molar-refractivity contribution in [2.45, 2.75) is 51.6 Å². The summed E-state index contributed by atoms with van der Waals surface area (Å²) in [6.45, 7) is 3.66. The van der Waals surface area contributed by atoms with Gasteiger partial charge in [-0.15, -0.1) is 0 Å². The van der Waals surface area contributed by atoms with Crippen molar-refractivity contribution in [3.8, 4) is 0 Å². The number of hydrogen-bond donors (Lipinski definition) is 1. The van der Waals surface area contributed by atoms with Gasteiger partial charge in [0.15, 0.2) is 0 Å². The zero-order valence-corrected chi connectivity index (χ0v) is 11.3. The van der Waals surface area contributed by atoms with E-state index < -0.39 is 0 Å². The fraction of sp³-hybridized carbons (Fsp3) is 0.933. The normalized spacial score (nSPS) is 43.4. The van der Waals surface area contributed by atoms with E-state index in [-0.39, 0.29) is 6.10 Å². The Morgan fingerprint density at radius 1 is 1.22 bits per heavy atom. The number of fused-ring (bicyclic) bond motifs is 1. The van der Waals surface area contributed by atoms with Crippen LogP contribution >= 0.6 is 0 Å². The van der Waals surface area contributed by atoms with Crippen molar-refractivity contribution >= 4 is 5.91 Å². The molecule has 1 aliphatic heterocycles. The molecule has 2 aliphatic carbocycles. The van der Waals surface area contributed by atoms with Crippen LogP contribution in [-0.2, 0) is 4.79 Å². The van der Waals surface area contributed by atoms with Gasteiger partial charge in [-0.05, 0) is 37.5 Å². The quantitative estimate of drug-likeness (QED) is 0.816. The zero-order valence-electron chi connectivity index (χ0n) is 11.3. The van der Waals surface area contributed by atoms with Crippen molar-refractivity contribution in [2.24, 2.45) is 23.7 Å². The Labute approximate surface area is 110 Å². The SMILES string of the molecule is CCC1CN(C(=O)C2C3CCCCC32)CCC1O. The Bertz CT molecular complexity index is 318. The Morgan fingerprint density at radius 3 is 2.50 bits per heavy atom. The molecule has 4 unspecified atom stereocenters. The maximum atomic E-state index is 12.5. The number of carbonyl (C=O) groups excluding carboxylic acids is 1. The molecular formula is C15H25NO2. The van der Waals surface area contributed by atoms with Crippen LogP contribution in [0.1, 0.15) is 45.4 Å². The number of aliphatic hydroxyl groups excluding tert-OH is 1. The lowest BCUT2D eigenvalue weighted by Gasteiger charge is -2.36. The molecule has 0 bridgehead atoms. The van der Waals surface area contributed by atoms with E-state index in [1.54, 1.807) is 0 Å². The van der Waals surface area contributed by atoms with Crippen LogP contribution in [0, 0.1) is 23.7 Å². The van der Waals surface area contributed by atoms with E-state index in [1.807, 2.05) is 4.90 Å². The van der Waals surface area contributed by atoms with Gasteiger partial charge in [0, 0.05) is 24.9 Å². The second kappa shape index (κ2) is 4.84. The van der Waals surface area contributed by atoms with E-state index in [4.69, 9.17) is 0 Å². The topological polar surface area (TPSA) is 40.5 Å². The minimum Gasteiger partial charge on any atom is -0.393 e. The average molecular weight is 251 g/mol. The Kier molecular flexibility index (Phi) is 3.35. The molecule has 0 aromatic heterocycles. The first-order valence-electron chi connectivity index (χ1n) is 7.69. The lowest BCUT2D eigenvalue weighted by atomic mass is 9.92. The van der Waals surface area contributed by atoms with Gasteiger partial charge in [0.2, 0.25) is 5.91 Å². The molecule has 0 spiro atoms. The van der Waals surface area contributed by atoms with Crippen molar-refractivity contribution < 1.29 is 9.90 Å². The number of likely N-dealkylation sites (tertiary alicyclic amines) is 1. The fourth-order valence-corrected chi connectivity index (χ4v) is 4.19. The third-order valence-corrected chi connectivity index (χ3v) is 5.47. The molecule has 1 saturated heterocycles. The Morgan fingerprint density at radius 2 is 1.89 bits per heavy atom. The molecule has 3 nitrogen and oxygen atoms in total. The van der Waals surface area contributed by atoms with Crippen LogP contribution in [0.25, 0.3) is 0 Å². The van der Waals surface area contributed by atoms with Crippen molar-refractivity contribution in [1.82, 2.24) is 4.90 Å². The molecule has 3 rings (SSSR count). The maximum absolute atomic E-state index is 12.5. The number of rotatable bonds is 2. The van der Waals surface area contributed by atoms with Gasteiger partial charge >= 0.3 is 0 Å².